The zero-order valence-corrected chi connectivity index (χ0v) is 25.3. The lowest BCUT2D eigenvalue weighted by Crippen LogP contribution is -2.49. The number of carbonyl (C=O) groups is 1. The van der Waals surface area contributed by atoms with Crippen LogP contribution >= 0.6 is 11.6 Å². The molecule has 1 unspecified atom stereocenters. The fourth-order valence-electron chi connectivity index (χ4n) is 7.27. The summed E-state index contributed by atoms with van der Waals surface area (Å²) in [7, 11) is -3.89. The van der Waals surface area contributed by atoms with E-state index in [-0.39, 0.29) is 28.7 Å². The number of allylic oxidation sites excluding steroid dienone is 1. The molecule has 220 valence electrons. The lowest BCUT2D eigenvalue weighted by molar-refractivity contribution is 0.0454. The van der Waals surface area contributed by atoms with Crippen molar-refractivity contribution in [2.24, 2.45) is 17.8 Å². The Morgan fingerprint density at radius 1 is 1.12 bits per heavy atom. The monoisotopic (exact) mass is 598 g/mol. The Morgan fingerprint density at radius 2 is 1.95 bits per heavy atom. The standard InChI is InChI=1S/C32H39ClN2O5S/c1-20-5-11-29(36)26-9-6-24(26)17-35-18-32(13-3-4-22-15-25(33)8-10-27(22)32)19-40-30-12-7-23(16-28(30)35)31(37)34-41(38,39)21(2)14-20/h5,7-8,10-12,15-16,20-21,24,26,29,36H,3-4,6,9,13-14,17-19H2,1-2H3,(H,34,37)/b11-5+/t20-,21-,24?,26+,29-,32-/m0/s1. The zero-order valence-electron chi connectivity index (χ0n) is 23.7. The number of nitrogens with one attached hydrogen (secondary N) is 1. The molecule has 2 aromatic carbocycles. The summed E-state index contributed by atoms with van der Waals surface area (Å²) in [4.78, 5) is 15.6. The first kappa shape index (κ1) is 28.6. The first-order valence-electron chi connectivity index (χ1n) is 14.8. The molecule has 41 heavy (non-hydrogen) atoms. The van der Waals surface area contributed by atoms with E-state index in [1.807, 2.05) is 25.1 Å². The molecule has 0 radical (unpaired) electrons. The summed E-state index contributed by atoms with van der Waals surface area (Å²) in [6, 6.07) is 11.4. The Kier molecular flexibility index (Phi) is 7.62. The molecule has 2 heterocycles. The summed E-state index contributed by atoms with van der Waals surface area (Å²) in [5, 5.41) is 11.1. The number of benzene rings is 2. The van der Waals surface area contributed by atoms with E-state index in [1.165, 1.54) is 11.1 Å². The number of sulfonamides is 1. The van der Waals surface area contributed by atoms with E-state index in [4.69, 9.17) is 16.3 Å². The molecule has 1 amide bonds. The van der Waals surface area contributed by atoms with Gasteiger partial charge in [-0.25, -0.2) is 13.1 Å². The molecule has 1 fully saturated rings. The SMILES string of the molecule is C[C@H]1/C=C/[C@H](O)[C@@H]2CCC2CN2C[C@@]3(CCCc4cc(Cl)ccc43)COc3ccc(cc32)C(=O)NS(=O)(=O)[C@@H](C)C1. The molecule has 9 heteroatoms. The quantitative estimate of drug-likeness (QED) is 0.403. The van der Waals surface area contributed by atoms with E-state index < -0.39 is 27.3 Å². The van der Waals surface area contributed by atoms with Gasteiger partial charge in [0.05, 0.1) is 23.6 Å². The second-order valence-corrected chi connectivity index (χ2v) is 15.2. The van der Waals surface area contributed by atoms with E-state index in [0.717, 1.165) is 42.8 Å². The molecule has 2 aliphatic carbocycles. The molecule has 7 nitrogen and oxygen atoms in total. The van der Waals surface area contributed by atoms with Crippen molar-refractivity contribution in [3.8, 4) is 5.75 Å². The van der Waals surface area contributed by atoms with Gasteiger partial charge >= 0.3 is 0 Å². The van der Waals surface area contributed by atoms with Crippen molar-refractivity contribution < 1.29 is 23.1 Å². The zero-order chi connectivity index (χ0) is 28.9. The number of hydrogen-bond donors (Lipinski definition) is 2. The van der Waals surface area contributed by atoms with Crippen molar-refractivity contribution in [1.29, 1.82) is 0 Å². The van der Waals surface area contributed by atoms with Crippen LogP contribution in [0.25, 0.3) is 0 Å². The third kappa shape index (κ3) is 5.51. The highest BCUT2D eigenvalue weighted by Gasteiger charge is 2.44. The summed E-state index contributed by atoms with van der Waals surface area (Å²) in [6.07, 6.45) is 8.45. The molecule has 2 N–H and O–H groups in total. The lowest BCUT2D eigenvalue weighted by Gasteiger charge is -2.45. The molecule has 4 aliphatic rings. The number of aliphatic hydroxyl groups is 1. The number of amides is 1. The summed E-state index contributed by atoms with van der Waals surface area (Å²) < 4.78 is 34.9. The number of fused-ring (bicyclic) bond motifs is 4. The van der Waals surface area contributed by atoms with Gasteiger partial charge in [-0.3, -0.25) is 4.79 Å². The Hall–Kier alpha value is -2.55. The number of aryl methyl sites for hydroxylation is 1. The van der Waals surface area contributed by atoms with Gasteiger partial charge in [-0.1, -0.05) is 36.7 Å². The van der Waals surface area contributed by atoms with Crippen molar-refractivity contribution in [2.45, 2.75) is 69.1 Å². The van der Waals surface area contributed by atoms with Crippen molar-refractivity contribution >= 4 is 33.2 Å². The maximum absolute atomic E-state index is 13.3. The van der Waals surface area contributed by atoms with Crippen LogP contribution in [-0.2, 0) is 21.9 Å². The number of hydrogen-bond acceptors (Lipinski definition) is 6. The second kappa shape index (κ2) is 10.9. The van der Waals surface area contributed by atoms with Gasteiger partial charge in [0.2, 0.25) is 10.0 Å². The molecule has 1 spiro atoms. The molecule has 2 aromatic rings. The minimum atomic E-state index is -3.89. The van der Waals surface area contributed by atoms with Gasteiger partial charge in [0.15, 0.2) is 0 Å². The maximum Gasteiger partial charge on any atom is 0.264 e. The van der Waals surface area contributed by atoms with Crippen molar-refractivity contribution in [3.05, 3.63) is 70.3 Å². The molecule has 0 aromatic heterocycles. The number of anilines is 1. The Bertz CT molecular complexity index is 1480. The normalized spacial score (nSPS) is 33.8. The van der Waals surface area contributed by atoms with Gasteiger partial charge in [-0.05, 0) is 105 Å². The predicted octanol–water partition coefficient (Wildman–Crippen LogP) is 5.24. The van der Waals surface area contributed by atoms with Crippen LogP contribution in [0, 0.1) is 17.8 Å². The van der Waals surface area contributed by atoms with E-state index in [9.17, 15) is 18.3 Å². The fraction of sp³-hybridized carbons (Fsp3) is 0.531. The number of carbonyl (C=O) groups excluding carboxylic acids is 1. The third-order valence-electron chi connectivity index (χ3n) is 9.77. The van der Waals surface area contributed by atoms with Gasteiger partial charge in [0, 0.05) is 29.1 Å². The van der Waals surface area contributed by atoms with Crippen LogP contribution in [0.5, 0.6) is 5.75 Å². The molecule has 1 saturated carbocycles. The van der Waals surface area contributed by atoms with Crippen LogP contribution in [0.2, 0.25) is 5.02 Å². The molecule has 2 aliphatic heterocycles. The van der Waals surface area contributed by atoms with Crippen LogP contribution in [0.1, 0.15) is 67.4 Å². The lowest BCUT2D eigenvalue weighted by atomic mass is 9.68. The summed E-state index contributed by atoms with van der Waals surface area (Å²) in [5.41, 5.74) is 3.33. The number of halogens is 1. The highest BCUT2D eigenvalue weighted by atomic mass is 35.5. The minimum Gasteiger partial charge on any atom is -0.490 e. The van der Waals surface area contributed by atoms with Crippen LogP contribution in [0.3, 0.4) is 0 Å². The van der Waals surface area contributed by atoms with E-state index in [2.05, 4.69) is 21.8 Å². The van der Waals surface area contributed by atoms with Crippen LogP contribution in [0.4, 0.5) is 5.69 Å². The van der Waals surface area contributed by atoms with Crippen LogP contribution in [-0.4, -0.2) is 50.5 Å². The van der Waals surface area contributed by atoms with Gasteiger partial charge in [-0.15, -0.1) is 0 Å². The maximum atomic E-state index is 13.3. The Morgan fingerprint density at radius 3 is 2.73 bits per heavy atom. The number of ether oxygens (including phenoxy) is 1. The average Bonchev–Trinajstić information content (AvgIpc) is 3.06. The topological polar surface area (TPSA) is 95.9 Å². The van der Waals surface area contributed by atoms with Gasteiger partial charge in [-0.2, -0.15) is 0 Å². The largest absolute Gasteiger partial charge is 0.490 e. The molecule has 6 rings (SSSR count). The molecule has 2 bridgehead atoms. The van der Waals surface area contributed by atoms with Crippen LogP contribution in [0.15, 0.2) is 48.6 Å². The van der Waals surface area contributed by atoms with Crippen molar-refractivity contribution in [2.75, 3.05) is 24.6 Å². The number of rotatable bonds is 0. The summed E-state index contributed by atoms with van der Waals surface area (Å²) in [6.45, 7) is 5.46. The second-order valence-electron chi connectivity index (χ2n) is 12.7. The molecule has 0 saturated heterocycles. The van der Waals surface area contributed by atoms with Crippen LogP contribution < -0.4 is 14.4 Å². The molecular formula is C32H39ClN2O5S. The van der Waals surface area contributed by atoms with Gasteiger partial charge in [0.1, 0.15) is 5.75 Å². The highest BCUT2D eigenvalue weighted by molar-refractivity contribution is 7.90. The predicted molar refractivity (Wildman–Crippen MR) is 161 cm³/mol. The Labute approximate surface area is 248 Å². The molecular weight excluding hydrogens is 560 g/mol. The smallest absolute Gasteiger partial charge is 0.264 e. The van der Waals surface area contributed by atoms with E-state index in [1.54, 1.807) is 25.1 Å². The number of nitrogens with zero attached hydrogens (tertiary/aromatic N) is 1. The highest BCUT2D eigenvalue weighted by Crippen LogP contribution is 2.46. The van der Waals surface area contributed by atoms with E-state index >= 15 is 0 Å². The minimum absolute atomic E-state index is 0.0638. The summed E-state index contributed by atoms with van der Waals surface area (Å²) in [5.74, 6) is 0.391. The third-order valence-corrected chi connectivity index (χ3v) is 11.7. The summed E-state index contributed by atoms with van der Waals surface area (Å²) >= 11 is 6.38. The first-order chi connectivity index (χ1) is 19.5. The first-order valence-corrected chi connectivity index (χ1v) is 16.7. The van der Waals surface area contributed by atoms with Crippen molar-refractivity contribution in [1.82, 2.24) is 4.72 Å². The Balaban J connectivity index is 1.42. The van der Waals surface area contributed by atoms with E-state index in [0.29, 0.717) is 31.9 Å². The van der Waals surface area contributed by atoms with Crippen molar-refractivity contribution in [3.63, 3.8) is 0 Å². The number of aliphatic hydroxyl groups excluding tert-OH is 1. The fourth-order valence-corrected chi connectivity index (χ4v) is 8.60. The average molecular weight is 599 g/mol. The molecule has 6 atom stereocenters. The van der Waals surface area contributed by atoms with Gasteiger partial charge in [0.25, 0.3) is 5.91 Å². The van der Waals surface area contributed by atoms with Gasteiger partial charge < -0.3 is 14.7 Å².